The van der Waals surface area contributed by atoms with E-state index in [1.165, 1.54) is 12.8 Å². The lowest BCUT2D eigenvalue weighted by Gasteiger charge is -2.34. The predicted octanol–water partition coefficient (Wildman–Crippen LogP) is 1.89. The van der Waals surface area contributed by atoms with Crippen LogP contribution in [0.5, 0.6) is 0 Å². The molecule has 0 aliphatic carbocycles. The molecule has 2 unspecified atom stereocenters. The van der Waals surface area contributed by atoms with Crippen molar-refractivity contribution in [3.8, 4) is 0 Å². The first-order chi connectivity index (χ1) is 8.96. The van der Waals surface area contributed by atoms with E-state index in [-0.39, 0.29) is 5.54 Å². The van der Waals surface area contributed by atoms with E-state index in [1.807, 2.05) is 0 Å². The van der Waals surface area contributed by atoms with Crippen molar-refractivity contribution < 1.29 is 9.47 Å². The zero-order valence-electron chi connectivity index (χ0n) is 13.4. The molecule has 1 heterocycles. The topological polar surface area (TPSA) is 33.7 Å². The fraction of sp³-hybridized carbons (Fsp3) is 1.00. The molecule has 0 spiro atoms. The highest BCUT2D eigenvalue weighted by Gasteiger charge is 2.24. The van der Waals surface area contributed by atoms with E-state index >= 15 is 0 Å². The molecular formula is C15H32N2O2. The Balaban J connectivity index is 2.49. The lowest BCUT2D eigenvalue weighted by molar-refractivity contribution is 0.0340. The molecule has 0 bridgehead atoms. The normalized spacial score (nSPS) is 22.1. The maximum Gasteiger partial charge on any atom is 0.0702 e. The number of hydrogen-bond acceptors (Lipinski definition) is 4. The summed E-state index contributed by atoms with van der Waals surface area (Å²) < 4.78 is 11.2. The third kappa shape index (κ3) is 6.70. The van der Waals surface area contributed by atoms with E-state index in [4.69, 9.17) is 9.47 Å². The number of nitrogens with zero attached hydrogens (tertiary/aromatic N) is 1. The van der Waals surface area contributed by atoms with Gasteiger partial charge < -0.3 is 14.8 Å². The molecule has 1 rings (SSSR count). The van der Waals surface area contributed by atoms with Crippen molar-refractivity contribution in [2.45, 2.75) is 58.2 Å². The third-order valence-corrected chi connectivity index (χ3v) is 3.61. The Kier molecular flexibility index (Phi) is 7.29. The first-order valence-electron chi connectivity index (χ1n) is 7.56. The monoisotopic (exact) mass is 272 g/mol. The minimum absolute atomic E-state index is 0.148. The molecule has 4 nitrogen and oxygen atoms in total. The summed E-state index contributed by atoms with van der Waals surface area (Å²) in [6.07, 6.45) is 2.81. The Bertz CT molecular complexity index is 235. The average molecular weight is 272 g/mol. The maximum atomic E-state index is 5.76. The SMILES string of the molecule is CCN(CC1CCCO1)C(CNC(C)(C)C)COC. The summed E-state index contributed by atoms with van der Waals surface area (Å²) in [5, 5.41) is 3.58. The molecule has 0 aromatic carbocycles. The number of likely N-dealkylation sites (N-methyl/N-ethyl adjacent to an activating group) is 1. The highest BCUT2D eigenvalue weighted by molar-refractivity contribution is 4.81. The van der Waals surface area contributed by atoms with Crippen LogP contribution in [0.2, 0.25) is 0 Å². The summed E-state index contributed by atoms with van der Waals surface area (Å²) in [4.78, 5) is 2.48. The van der Waals surface area contributed by atoms with Gasteiger partial charge >= 0.3 is 0 Å². The van der Waals surface area contributed by atoms with Crippen molar-refractivity contribution in [3.05, 3.63) is 0 Å². The van der Waals surface area contributed by atoms with Gasteiger partial charge in [0, 0.05) is 38.4 Å². The minimum Gasteiger partial charge on any atom is -0.383 e. The third-order valence-electron chi connectivity index (χ3n) is 3.61. The first kappa shape index (κ1) is 16.9. The van der Waals surface area contributed by atoms with Crippen LogP contribution in [0.1, 0.15) is 40.5 Å². The van der Waals surface area contributed by atoms with Gasteiger partial charge in [0.25, 0.3) is 0 Å². The lowest BCUT2D eigenvalue weighted by Crippen LogP contribution is -2.51. The maximum absolute atomic E-state index is 5.76. The fourth-order valence-corrected chi connectivity index (χ4v) is 2.50. The second-order valence-electron chi connectivity index (χ2n) is 6.46. The molecule has 0 aromatic heterocycles. The second-order valence-corrected chi connectivity index (χ2v) is 6.46. The van der Waals surface area contributed by atoms with Gasteiger partial charge in [0.2, 0.25) is 0 Å². The number of rotatable bonds is 8. The zero-order valence-corrected chi connectivity index (χ0v) is 13.4. The summed E-state index contributed by atoms with van der Waals surface area (Å²) in [5.74, 6) is 0. The highest BCUT2D eigenvalue weighted by Crippen LogP contribution is 2.15. The van der Waals surface area contributed by atoms with Gasteiger partial charge in [-0.15, -0.1) is 0 Å². The standard InChI is InChI=1S/C15H32N2O2/c1-6-17(11-14-8-7-9-19-14)13(12-18-5)10-16-15(2,3)4/h13-14,16H,6-12H2,1-5H3. The molecule has 1 saturated heterocycles. The number of hydrogen-bond donors (Lipinski definition) is 1. The van der Waals surface area contributed by atoms with E-state index in [0.717, 1.165) is 32.8 Å². The predicted molar refractivity (Wildman–Crippen MR) is 79.6 cm³/mol. The smallest absolute Gasteiger partial charge is 0.0702 e. The number of methoxy groups -OCH3 is 1. The van der Waals surface area contributed by atoms with Gasteiger partial charge in [0.05, 0.1) is 12.7 Å². The Morgan fingerprint density at radius 3 is 2.63 bits per heavy atom. The Labute approximate surface area is 118 Å². The molecule has 0 radical (unpaired) electrons. The summed E-state index contributed by atoms with van der Waals surface area (Å²) >= 11 is 0. The van der Waals surface area contributed by atoms with Gasteiger partial charge in [-0.25, -0.2) is 0 Å². The van der Waals surface area contributed by atoms with Gasteiger partial charge in [-0.2, -0.15) is 0 Å². The van der Waals surface area contributed by atoms with Crippen LogP contribution in [-0.2, 0) is 9.47 Å². The molecule has 1 aliphatic heterocycles. The molecule has 2 atom stereocenters. The number of nitrogens with one attached hydrogen (secondary N) is 1. The van der Waals surface area contributed by atoms with Gasteiger partial charge in [-0.05, 0) is 40.2 Å². The summed E-state index contributed by atoms with van der Waals surface area (Å²) in [5.41, 5.74) is 0.148. The van der Waals surface area contributed by atoms with E-state index in [0.29, 0.717) is 12.1 Å². The Morgan fingerprint density at radius 2 is 2.16 bits per heavy atom. The van der Waals surface area contributed by atoms with Gasteiger partial charge in [-0.1, -0.05) is 6.92 Å². The quantitative estimate of drug-likeness (QED) is 0.731. The highest BCUT2D eigenvalue weighted by atomic mass is 16.5. The first-order valence-corrected chi connectivity index (χ1v) is 7.56. The number of ether oxygens (including phenoxy) is 2. The van der Waals surface area contributed by atoms with Crippen molar-refractivity contribution in [2.75, 3.05) is 40.0 Å². The molecule has 4 heteroatoms. The zero-order chi connectivity index (χ0) is 14.3. The lowest BCUT2D eigenvalue weighted by atomic mass is 10.1. The van der Waals surface area contributed by atoms with Crippen molar-refractivity contribution in [1.29, 1.82) is 0 Å². The van der Waals surface area contributed by atoms with E-state index in [9.17, 15) is 0 Å². The van der Waals surface area contributed by atoms with Crippen LogP contribution in [0.3, 0.4) is 0 Å². The average Bonchev–Trinajstić information content (AvgIpc) is 2.83. The summed E-state index contributed by atoms with van der Waals surface area (Å²) in [6.45, 7) is 13.5. The van der Waals surface area contributed by atoms with Crippen LogP contribution in [0, 0.1) is 0 Å². The van der Waals surface area contributed by atoms with Crippen molar-refractivity contribution >= 4 is 0 Å². The van der Waals surface area contributed by atoms with Crippen LogP contribution in [0.25, 0.3) is 0 Å². The fourth-order valence-electron chi connectivity index (χ4n) is 2.50. The van der Waals surface area contributed by atoms with Crippen LogP contribution in [-0.4, -0.2) is 62.5 Å². The van der Waals surface area contributed by atoms with E-state index in [2.05, 4.69) is 37.9 Å². The molecule has 0 aromatic rings. The van der Waals surface area contributed by atoms with Crippen molar-refractivity contribution in [1.82, 2.24) is 10.2 Å². The largest absolute Gasteiger partial charge is 0.383 e. The van der Waals surface area contributed by atoms with Gasteiger partial charge in [0.15, 0.2) is 0 Å². The summed E-state index contributed by atoms with van der Waals surface area (Å²) in [6, 6.07) is 0.415. The molecule has 19 heavy (non-hydrogen) atoms. The van der Waals surface area contributed by atoms with Crippen LogP contribution in [0.15, 0.2) is 0 Å². The van der Waals surface area contributed by atoms with Crippen molar-refractivity contribution in [3.63, 3.8) is 0 Å². The van der Waals surface area contributed by atoms with E-state index in [1.54, 1.807) is 7.11 Å². The molecule has 1 N–H and O–H groups in total. The molecule has 1 fully saturated rings. The van der Waals surface area contributed by atoms with Gasteiger partial charge in [-0.3, -0.25) is 4.90 Å². The van der Waals surface area contributed by atoms with E-state index < -0.39 is 0 Å². The molecule has 0 amide bonds. The molecule has 0 saturated carbocycles. The minimum atomic E-state index is 0.148. The second kappa shape index (κ2) is 8.20. The molecular weight excluding hydrogens is 240 g/mol. The molecule has 114 valence electrons. The molecule has 1 aliphatic rings. The van der Waals surface area contributed by atoms with Crippen LogP contribution >= 0.6 is 0 Å². The summed E-state index contributed by atoms with van der Waals surface area (Å²) in [7, 11) is 1.78. The van der Waals surface area contributed by atoms with Gasteiger partial charge in [0.1, 0.15) is 0 Å². The van der Waals surface area contributed by atoms with Crippen LogP contribution < -0.4 is 5.32 Å². The Hall–Kier alpha value is -0.160. The van der Waals surface area contributed by atoms with Crippen LogP contribution in [0.4, 0.5) is 0 Å². The van der Waals surface area contributed by atoms with Crippen molar-refractivity contribution in [2.24, 2.45) is 0 Å². The Morgan fingerprint density at radius 1 is 1.42 bits per heavy atom.